The number of nitrogens with zero attached hydrogens (tertiary/aromatic N) is 1. The van der Waals surface area contributed by atoms with Crippen LogP contribution in [0.15, 0.2) is 33.7 Å². The van der Waals surface area contributed by atoms with Gasteiger partial charge in [0.25, 0.3) is 0 Å². The van der Waals surface area contributed by atoms with Gasteiger partial charge in [0.1, 0.15) is 0 Å². The van der Waals surface area contributed by atoms with Crippen LogP contribution in [0, 0.1) is 0 Å². The molecule has 0 aliphatic carbocycles. The summed E-state index contributed by atoms with van der Waals surface area (Å²) in [6.07, 6.45) is 0. The first-order chi connectivity index (χ1) is 10.6. The minimum absolute atomic E-state index is 0. The average Bonchev–Trinajstić information content (AvgIpc) is 2.51. The molecular formula is C15H24BrIN4O2. The smallest absolute Gasteiger partial charge is 0.239 e. The zero-order chi connectivity index (χ0) is 16.4. The molecule has 0 aliphatic rings. The summed E-state index contributed by atoms with van der Waals surface area (Å²) in [6, 6.07) is 8.04. The molecule has 1 amide bonds. The van der Waals surface area contributed by atoms with E-state index in [1.807, 2.05) is 31.2 Å². The van der Waals surface area contributed by atoms with Crippen LogP contribution in [-0.4, -0.2) is 45.7 Å². The Balaban J connectivity index is 0.00000484. The van der Waals surface area contributed by atoms with Crippen molar-refractivity contribution in [3.8, 4) is 0 Å². The van der Waals surface area contributed by atoms with Crippen LogP contribution < -0.4 is 16.0 Å². The van der Waals surface area contributed by atoms with E-state index in [4.69, 9.17) is 4.74 Å². The lowest BCUT2D eigenvalue weighted by Crippen LogP contribution is -2.44. The van der Waals surface area contributed by atoms with Gasteiger partial charge in [-0.2, -0.15) is 0 Å². The number of carbonyl (C=O) groups excluding carboxylic acids is 1. The van der Waals surface area contributed by atoms with Crippen LogP contribution >= 0.6 is 39.9 Å². The molecule has 8 heteroatoms. The highest BCUT2D eigenvalue weighted by atomic mass is 127. The lowest BCUT2D eigenvalue weighted by atomic mass is 10.1. The summed E-state index contributed by atoms with van der Waals surface area (Å²) in [4.78, 5) is 15.8. The third-order valence-corrected chi connectivity index (χ3v) is 3.72. The lowest BCUT2D eigenvalue weighted by molar-refractivity contribution is -0.120. The van der Waals surface area contributed by atoms with Crippen LogP contribution in [0.4, 0.5) is 0 Å². The van der Waals surface area contributed by atoms with Crippen LogP contribution in [0.3, 0.4) is 0 Å². The van der Waals surface area contributed by atoms with Gasteiger partial charge in [0.15, 0.2) is 5.96 Å². The summed E-state index contributed by atoms with van der Waals surface area (Å²) in [7, 11) is 3.27. The first-order valence-corrected chi connectivity index (χ1v) is 7.85. The Morgan fingerprint density at radius 3 is 2.65 bits per heavy atom. The van der Waals surface area contributed by atoms with E-state index in [0.29, 0.717) is 19.1 Å². The van der Waals surface area contributed by atoms with Gasteiger partial charge < -0.3 is 20.7 Å². The molecule has 1 rings (SSSR count). The Labute approximate surface area is 163 Å². The maximum absolute atomic E-state index is 11.6. The number of carbonyl (C=O) groups is 1. The predicted molar refractivity (Wildman–Crippen MR) is 107 cm³/mol. The fourth-order valence-electron chi connectivity index (χ4n) is 1.82. The van der Waals surface area contributed by atoms with Crippen molar-refractivity contribution in [2.24, 2.45) is 4.99 Å². The Morgan fingerprint density at radius 1 is 1.35 bits per heavy atom. The summed E-state index contributed by atoms with van der Waals surface area (Å²) in [5, 5.41) is 8.98. The number of methoxy groups -OCH3 is 1. The van der Waals surface area contributed by atoms with E-state index < -0.39 is 0 Å². The van der Waals surface area contributed by atoms with Gasteiger partial charge in [0.05, 0.1) is 19.2 Å². The van der Waals surface area contributed by atoms with Crippen LogP contribution in [0.2, 0.25) is 0 Å². The van der Waals surface area contributed by atoms with E-state index in [2.05, 4.69) is 36.9 Å². The molecule has 1 aromatic carbocycles. The number of benzene rings is 1. The number of guanidine groups is 1. The molecule has 0 saturated carbocycles. The maximum atomic E-state index is 11.6. The third kappa shape index (κ3) is 8.52. The van der Waals surface area contributed by atoms with E-state index in [1.54, 1.807) is 14.2 Å². The summed E-state index contributed by atoms with van der Waals surface area (Å²) >= 11 is 3.53. The van der Waals surface area contributed by atoms with Gasteiger partial charge in [-0.3, -0.25) is 9.79 Å². The number of hydrogen-bond acceptors (Lipinski definition) is 3. The van der Waals surface area contributed by atoms with Gasteiger partial charge in [-0.05, 0) is 18.6 Å². The molecule has 0 fully saturated rings. The zero-order valence-electron chi connectivity index (χ0n) is 13.6. The molecule has 1 unspecified atom stereocenters. The fourth-order valence-corrected chi connectivity index (χ4v) is 2.45. The zero-order valence-corrected chi connectivity index (χ0v) is 17.5. The van der Waals surface area contributed by atoms with Gasteiger partial charge in [0, 0.05) is 25.2 Å². The first kappa shape index (κ1) is 22.1. The maximum Gasteiger partial charge on any atom is 0.239 e. The van der Waals surface area contributed by atoms with Gasteiger partial charge in [-0.15, -0.1) is 24.0 Å². The molecule has 1 aromatic rings. The molecular weight excluding hydrogens is 475 g/mol. The third-order valence-electron chi connectivity index (χ3n) is 2.99. The Kier molecular flexibility index (Phi) is 12.1. The first-order valence-electron chi connectivity index (χ1n) is 7.05. The molecule has 23 heavy (non-hydrogen) atoms. The van der Waals surface area contributed by atoms with Crippen molar-refractivity contribution in [2.45, 2.75) is 13.0 Å². The molecule has 3 N–H and O–H groups in total. The van der Waals surface area contributed by atoms with Crippen molar-refractivity contribution in [3.05, 3.63) is 34.3 Å². The number of rotatable bonds is 7. The van der Waals surface area contributed by atoms with Crippen LogP contribution in [0.1, 0.15) is 18.5 Å². The highest BCUT2D eigenvalue weighted by Gasteiger charge is 2.11. The predicted octanol–water partition coefficient (Wildman–Crippen LogP) is 2.06. The van der Waals surface area contributed by atoms with Crippen molar-refractivity contribution < 1.29 is 9.53 Å². The average molecular weight is 499 g/mol. The quantitative estimate of drug-likeness (QED) is 0.233. The van der Waals surface area contributed by atoms with Crippen molar-refractivity contribution in [2.75, 3.05) is 33.9 Å². The van der Waals surface area contributed by atoms with Gasteiger partial charge in [0.2, 0.25) is 5.91 Å². The molecule has 0 spiro atoms. The number of ether oxygens (including phenoxy) is 1. The van der Waals surface area contributed by atoms with E-state index >= 15 is 0 Å². The highest BCUT2D eigenvalue weighted by molar-refractivity contribution is 14.0. The van der Waals surface area contributed by atoms with Crippen LogP contribution in [0.5, 0.6) is 0 Å². The van der Waals surface area contributed by atoms with E-state index in [9.17, 15) is 4.79 Å². The van der Waals surface area contributed by atoms with Gasteiger partial charge in [-0.25, -0.2) is 0 Å². The summed E-state index contributed by atoms with van der Waals surface area (Å²) in [5.74, 6) is 0.471. The van der Waals surface area contributed by atoms with Crippen LogP contribution in [0.25, 0.3) is 0 Å². The molecule has 6 nitrogen and oxygen atoms in total. The number of nitrogens with one attached hydrogen (secondary N) is 3. The molecule has 0 aliphatic heterocycles. The second kappa shape index (κ2) is 12.5. The molecule has 0 saturated heterocycles. The Bertz CT molecular complexity index is 514. The van der Waals surface area contributed by atoms with E-state index in [-0.39, 0.29) is 42.5 Å². The normalized spacial score (nSPS) is 12.1. The van der Waals surface area contributed by atoms with Crippen molar-refractivity contribution >= 4 is 51.8 Å². The Hall–Kier alpha value is -0.870. The number of halogens is 2. The standard InChI is InChI=1S/C15H23BrN4O2.HI/c1-11(12-6-4-5-7-13(12)16)20-15(17-2)19-10-14(21)18-8-9-22-3;/h4-7,11H,8-10H2,1-3H3,(H,18,21)(H2,17,19,20);1H. The van der Waals surface area contributed by atoms with E-state index in [0.717, 1.165) is 10.0 Å². The summed E-state index contributed by atoms with van der Waals surface area (Å²) < 4.78 is 5.91. The fraction of sp³-hybridized carbons (Fsp3) is 0.467. The largest absolute Gasteiger partial charge is 0.383 e. The molecule has 130 valence electrons. The molecule has 1 atom stereocenters. The van der Waals surface area contributed by atoms with E-state index in [1.165, 1.54) is 0 Å². The lowest BCUT2D eigenvalue weighted by Gasteiger charge is -2.19. The van der Waals surface area contributed by atoms with Gasteiger partial charge in [-0.1, -0.05) is 34.1 Å². The molecule has 0 heterocycles. The van der Waals surface area contributed by atoms with Crippen LogP contribution in [-0.2, 0) is 9.53 Å². The Morgan fingerprint density at radius 2 is 2.04 bits per heavy atom. The number of aliphatic imine (C=N–C) groups is 1. The summed E-state index contributed by atoms with van der Waals surface area (Å²) in [6.45, 7) is 3.19. The van der Waals surface area contributed by atoms with Gasteiger partial charge >= 0.3 is 0 Å². The second-order valence-corrected chi connectivity index (χ2v) is 5.51. The summed E-state index contributed by atoms with van der Waals surface area (Å²) in [5.41, 5.74) is 1.12. The second-order valence-electron chi connectivity index (χ2n) is 4.66. The number of hydrogen-bond donors (Lipinski definition) is 3. The van der Waals surface area contributed by atoms with Crippen molar-refractivity contribution in [1.82, 2.24) is 16.0 Å². The topological polar surface area (TPSA) is 74.8 Å². The number of amides is 1. The monoisotopic (exact) mass is 498 g/mol. The SMILES string of the molecule is CN=C(NCC(=O)NCCOC)NC(C)c1ccccc1Br.I. The minimum atomic E-state index is -0.103. The molecule has 0 aromatic heterocycles. The van der Waals surface area contributed by atoms with Crippen molar-refractivity contribution in [3.63, 3.8) is 0 Å². The molecule has 0 bridgehead atoms. The minimum Gasteiger partial charge on any atom is -0.383 e. The highest BCUT2D eigenvalue weighted by Crippen LogP contribution is 2.22. The molecule has 0 radical (unpaired) electrons. The van der Waals surface area contributed by atoms with Crippen molar-refractivity contribution in [1.29, 1.82) is 0 Å².